The lowest BCUT2D eigenvalue weighted by atomic mass is 10.0. The average Bonchev–Trinajstić information content (AvgIpc) is 3.18. The van der Waals surface area contributed by atoms with Gasteiger partial charge in [0.15, 0.2) is 0 Å². The standard InChI is InChI=1S/C45H83O9P/c1-3-5-7-9-11-13-15-17-19-20-21-22-23-24-25-27-29-31-33-35-37-45(48)54-44(42-53-55(49,50)52-40-43(47)39-46)41-51-38-36-34-32-30-28-26-18-16-14-12-10-8-6-4-2/h6,8,12,14,18,26,30,32,43-44,46-47H,3-5,7,9-11,13,15-17,19-25,27-29,31,33-42H2,1-2H3,(H,49,50)/b8-6-,14-12-,26-18-,32-30-. The molecule has 0 aliphatic carbocycles. The van der Waals surface area contributed by atoms with Crippen molar-refractivity contribution in [1.29, 1.82) is 0 Å². The smallest absolute Gasteiger partial charge is 0.457 e. The molecule has 322 valence electrons. The number of ether oxygens (including phenoxy) is 2. The van der Waals surface area contributed by atoms with Crippen LogP contribution in [-0.4, -0.2) is 66.3 Å². The second kappa shape index (κ2) is 42.0. The number of hydrogen-bond donors (Lipinski definition) is 3. The largest absolute Gasteiger partial charge is 0.472 e. The summed E-state index contributed by atoms with van der Waals surface area (Å²) in [6, 6.07) is 0. The molecule has 55 heavy (non-hydrogen) atoms. The fourth-order valence-corrected chi connectivity index (χ4v) is 6.74. The van der Waals surface area contributed by atoms with Crippen LogP contribution in [0.5, 0.6) is 0 Å². The second-order valence-electron chi connectivity index (χ2n) is 14.7. The zero-order valence-electron chi connectivity index (χ0n) is 35.1. The van der Waals surface area contributed by atoms with Gasteiger partial charge >= 0.3 is 13.8 Å². The number of unbranched alkanes of at least 4 members (excludes halogenated alkanes) is 20. The van der Waals surface area contributed by atoms with Gasteiger partial charge < -0.3 is 24.6 Å². The Kier molecular flexibility index (Phi) is 40.8. The maximum Gasteiger partial charge on any atom is 0.472 e. The Morgan fingerprint density at radius 2 is 1.02 bits per heavy atom. The van der Waals surface area contributed by atoms with E-state index in [-0.39, 0.29) is 13.0 Å². The van der Waals surface area contributed by atoms with Crippen molar-refractivity contribution in [3.63, 3.8) is 0 Å². The monoisotopic (exact) mass is 799 g/mol. The minimum atomic E-state index is -4.53. The molecule has 0 fully saturated rings. The molecule has 3 atom stereocenters. The lowest BCUT2D eigenvalue weighted by Gasteiger charge is -2.20. The summed E-state index contributed by atoms with van der Waals surface area (Å²) in [6.07, 6.45) is 46.6. The highest BCUT2D eigenvalue weighted by Gasteiger charge is 2.26. The lowest BCUT2D eigenvalue weighted by Crippen LogP contribution is -2.29. The Morgan fingerprint density at radius 3 is 1.49 bits per heavy atom. The third-order valence-electron chi connectivity index (χ3n) is 9.28. The molecule has 0 radical (unpaired) electrons. The average molecular weight is 799 g/mol. The number of phosphoric acid groups is 1. The Labute approximate surface area is 337 Å². The third-order valence-corrected chi connectivity index (χ3v) is 10.2. The van der Waals surface area contributed by atoms with Gasteiger partial charge in [-0.3, -0.25) is 13.8 Å². The van der Waals surface area contributed by atoms with Crippen LogP contribution in [-0.2, 0) is 27.9 Å². The number of hydrogen-bond acceptors (Lipinski definition) is 8. The fraction of sp³-hybridized carbons (Fsp3) is 0.800. The molecule has 3 unspecified atom stereocenters. The Morgan fingerprint density at radius 1 is 0.582 bits per heavy atom. The maximum absolute atomic E-state index is 12.6. The van der Waals surface area contributed by atoms with E-state index >= 15 is 0 Å². The van der Waals surface area contributed by atoms with Crippen LogP contribution < -0.4 is 0 Å². The molecule has 9 nitrogen and oxygen atoms in total. The van der Waals surface area contributed by atoms with Crippen molar-refractivity contribution >= 4 is 13.8 Å². The summed E-state index contributed by atoms with van der Waals surface area (Å²) in [7, 11) is -4.53. The molecule has 0 spiro atoms. The van der Waals surface area contributed by atoms with Gasteiger partial charge in [-0.25, -0.2) is 4.57 Å². The number of aliphatic hydroxyl groups excluding tert-OH is 2. The maximum atomic E-state index is 12.6. The lowest BCUT2D eigenvalue weighted by molar-refractivity contribution is -0.154. The predicted molar refractivity (Wildman–Crippen MR) is 228 cm³/mol. The van der Waals surface area contributed by atoms with Gasteiger partial charge in [-0.1, -0.05) is 184 Å². The minimum absolute atomic E-state index is 0.0124. The molecule has 0 saturated heterocycles. The van der Waals surface area contributed by atoms with Crippen molar-refractivity contribution in [2.24, 2.45) is 0 Å². The summed E-state index contributed by atoms with van der Waals surface area (Å²) >= 11 is 0. The van der Waals surface area contributed by atoms with Gasteiger partial charge in [0.25, 0.3) is 0 Å². The first-order valence-corrected chi connectivity index (χ1v) is 23.6. The summed E-state index contributed by atoms with van der Waals surface area (Å²) in [5.74, 6) is -0.399. The molecule has 0 amide bonds. The van der Waals surface area contributed by atoms with E-state index in [1.807, 2.05) is 0 Å². The van der Waals surface area contributed by atoms with E-state index in [1.54, 1.807) is 0 Å². The molecule has 0 aromatic heterocycles. The Hall–Kier alpha value is -1.58. The van der Waals surface area contributed by atoms with Gasteiger partial charge in [0, 0.05) is 13.0 Å². The molecular formula is C45H83O9P. The van der Waals surface area contributed by atoms with E-state index in [4.69, 9.17) is 23.6 Å². The number of carbonyl (C=O) groups is 1. The van der Waals surface area contributed by atoms with Gasteiger partial charge in [0.1, 0.15) is 12.2 Å². The number of allylic oxidation sites excluding steroid dienone is 8. The molecule has 0 rings (SSSR count). The molecule has 0 aliphatic rings. The van der Waals surface area contributed by atoms with E-state index in [2.05, 4.69) is 62.5 Å². The van der Waals surface area contributed by atoms with Crippen molar-refractivity contribution in [3.05, 3.63) is 48.6 Å². The fourth-order valence-electron chi connectivity index (χ4n) is 5.95. The quantitative estimate of drug-likeness (QED) is 0.0239. The summed E-state index contributed by atoms with van der Waals surface area (Å²) in [4.78, 5) is 22.6. The van der Waals surface area contributed by atoms with Crippen LogP contribution in [0, 0.1) is 0 Å². The molecule has 0 aromatic rings. The van der Waals surface area contributed by atoms with E-state index in [1.165, 1.54) is 109 Å². The van der Waals surface area contributed by atoms with Crippen molar-refractivity contribution in [3.8, 4) is 0 Å². The third kappa shape index (κ3) is 41.9. The van der Waals surface area contributed by atoms with E-state index in [9.17, 15) is 19.4 Å². The molecule has 3 N–H and O–H groups in total. The molecule has 0 bridgehead atoms. The van der Waals surface area contributed by atoms with Gasteiger partial charge in [0.2, 0.25) is 0 Å². The van der Waals surface area contributed by atoms with Crippen molar-refractivity contribution in [2.75, 3.05) is 33.0 Å². The highest BCUT2D eigenvalue weighted by Crippen LogP contribution is 2.43. The second-order valence-corrected chi connectivity index (χ2v) is 16.1. The van der Waals surface area contributed by atoms with Crippen LogP contribution >= 0.6 is 7.82 Å². The van der Waals surface area contributed by atoms with E-state index in [0.717, 1.165) is 57.8 Å². The van der Waals surface area contributed by atoms with Crippen LogP contribution in [0.3, 0.4) is 0 Å². The van der Waals surface area contributed by atoms with E-state index < -0.39 is 45.8 Å². The summed E-state index contributed by atoms with van der Waals surface area (Å²) < 4.78 is 33.3. The first kappa shape index (κ1) is 53.4. The van der Waals surface area contributed by atoms with Crippen LogP contribution in [0.4, 0.5) is 0 Å². The number of carbonyl (C=O) groups excluding carboxylic acids is 1. The Balaban J connectivity index is 4.17. The minimum Gasteiger partial charge on any atom is -0.457 e. The normalized spacial score (nSPS) is 14.5. The highest BCUT2D eigenvalue weighted by atomic mass is 31.2. The van der Waals surface area contributed by atoms with Gasteiger partial charge in [-0.15, -0.1) is 0 Å². The molecule has 0 saturated carbocycles. The molecule has 0 heterocycles. The van der Waals surface area contributed by atoms with Crippen LogP contribution in [0.25, 0.3) is 0 Å². The molecule has 0 aliphatic heterocycles. The van der Waals surface area contributed by atoms with Crippen molar-refractivity contribution < 1.29 is 43.0 Å². The molecular weight excluding hydrogens is 715 g/mol. The first-order chi connectivity index (χ1) is 26.8. The number of phosphoric ester groups is 1. The van der Waals surface area contributed by atoms with Crippen molar-refractivity contribution in [2.45, 2.75) is 199 Å². The zero-order valence-corrected chi connectivity index (χ0v) is 36.0. The zero-order chi connectivity index (χ0) is 40.3. The van der Waals surface area contributed by atoms with Gasteiger partial charge in [-0.2, -0.15) is 0 Å². The summed E-state index contributed by atoms with van der Waals surface area (Å²) in [5, 5.41) is 18.3. The number of aliphatic hydroxyl groups is 2. The van der Waals surface area contributed by atoms with Crippen molar-refractivity contribution in [1.82, 2.24) is 0 Å². The molecule has 10 heteroatoms. The first-order valence-electron chi connectivity index (χ1n) is 22.1. The number of esters is 1. The van der Waals surface area contributed by atoms with Gasteiger partial charge in [-0.05, 0) is 44.9 Å². The van der Waals surface area contributed by atoms with Gasteiger partial charge in [0.05, 0.1) is 26.4 Å². The predicted octanol–water partition coefficient (Wildman–Crippen LogP) is 12.2. The van der Waals surface area contributed by atoms with E-state index in [0.29, 0.717) is 6.61 Å². The number of rotatable bonds is 42. The van der Waals surface area contributed by atoms with Crippen LogP contribution in [0.1, 0.15) is 187 Å². The highest BCUT2D eigenvalue weighted by molar-refractivity contribution is 7.47. The SMILES string of the molecule is CC/C=C\C/C=C\C/C=C\C/C=C\CCCOCC(COP(=O)(O)OCC(O)CO)OC(=O)CCCCCCCCCCCCCCCCCCCCCC. The summed E-state index contributed by atoms with van der Waals surface area (Å²) in [6.45, 7) is 3.27. The van der Waals surface area contributed by atoms with Crippen LogP contribution in [0.2, 0.25) is 0 Å². The van der Waals surface area contributed by atoms with Crippen LogP contribution in [0.15, 0.2) is 48.6 Å². The Bertz CT molecular complexity index is 997. The summed E-state index contributed by atoms with van der Waals surface area (Å²) in [5.41, 5.74) is 0. The molecule has 0 aromatic carbocycles. The topological polar surface area (TPSA) is 132 Å².